The molecule has 1 atom stereocenters. The van der Waals surface area contributed by atoms with Gasteiger partial charge < -0.3 is 9.47 Å². The lowest BCUT2D eigenvalue weighted by Gasteiger charge is -2.22. The van der Waals surface area contributed by atoms with Crippen LogP contribution in [0.25, 0.3) is 0 Å². The molecule has 0 spiro atoms. The molecule has 5 heteroatoms. The zero-order chi connectivity index (χ0) is 15.0. The molecule has 1 aliphatic rings. The molecule has 0 aliphatic heterocycles. The maximum atomic E-state index is 12.5. The summed E-state index contributed by atoms with van der Waals surface area (Å²) < 4.78 is 9.22. The number of esters is 2. The Labute approximate surface area is 120 Å². The molecule has 0 aromatic heterocycles. The predicted molar refractivity (Wildman–Crippen MR) is 73.0 cm³/mol. The van der Waals surface area contributed by atoms with Crippen molar-refractivity contribution in [3.05, 3.63) is 0 Å². The highest BCUT2D eigenvalue weighted by Gasteiger charge is 2.35. The van der Waals surface area contributed by atoms with Crippen LogP contribution in [-0.4, -0.2) is 31.9 Å². The fraction of sp³-hybridized carbons (Fsp3) is 0.800. The van der Waals surface area contributed by atoms with Gasteiger partial charge in [0.25, 0.3) is 0 Å². The quantitative estimate of drug-likeness (QED) is 0.572. The van der Waals surface area contributed by atoms with Gasteiger partial charge in [-0.3, -0.25) is 14.4 Å². The Balaban J connectivity index is 2.73. The summed E-state index contributed by atoms with van der Waals surface area (Å²) in [5.74, 6) is -2.51. The molecular weight excluding hydrogens is 260 g/mol. The number of methoxy groups -OCH3 is 2. The van der Waals surface area contributed by atoms with E-state index in [2.05, 4.69) is 9.47 Å². The summed E-state index contributed by atoms with van der Waals surface area (Å²) in [6, 6.07) is 0. The SMILES string of the molecule is COC(=O)CC(C(=O)OC)C(=O)C1CCCCCCC1. The van der Waals surface area contributed by atoms with Crippen molar-refractivity contribution >= 4 is 17.7 Å². The van der Waals surface area contributed by atoms with Crippen molar-refractivity contribution in [2.45, 2.75) is 51.4 Å². The average molecular weight is 284 g/mol. The lowest BCUT2D eigenvalue weighted by atomic mass is 9.82. The number of ether oxygens (including phenoxy) is 2. The van der Waals surface area contributed by atoms with E-state index in [-0.39, 0.29) is 18.1 Å². The predicted octanol–water partition coefficient (Wildman–Crippen LogP) is 2.27. The topological polar surface area (TPSA) is 69.7 Å². The fourth-order valence-electron chi connectivity index (χ4n) is 2.72. The van der Waals surface area contributed by atoms with Crippen LogP contribution in [0, 0.1) is 11.8 Å². The molecule has 5 nitrogen and oxygen atoms in total. The van der Waals surface area contributed by atoms with Gasteiger partial charge in [0.1, 0.15) is 5.92 Å². The molecule has 1 fully saturated rings. The van der Waals surface area contributed by atoms with E-state index in [1.165, 1.54) is 20.6 Å². The minimum atomic E-state index is -1.02. The smallest absolute Gasteiger partial charge is 0.316 e. The van der Waals surface area contributed by atoms with Gasteiger partial charge in [-0.05, 0) is 12.8 Å². The zero-order valence-electron chi connectivity index (χ0n) is 12.4. The van der Waals surface area contributed by atoms with Crippen molar-refractivity contribution in [2.24, 2.45) is 11.8 Å². The van der Waals surface area contributed by atoms with Gasteiger partial charge in [-0.15, -0.1) is 0 Å². The molecule has 0 amide bonds. The third-order valence-electron chi connectivity index (χ3n) is 3.94. The Morgan fingerprint density at radius 1 is 0.950 bits per heavy atom. The first-order chi connectivity index (χ1) is 9.60. The second kappa shape index (κ2) is 8.72. The third-order valence-corrected chi connectivity index (χ3v) is 3.94. The number of Topliss-reactive ketones (excluding diaryl/α,β-unsaturated/α-hetero) is 1. The largest absolute Gasteiger partial charge is 0.469 e. The number of hydrogen-bond donors (Lipinski definition) is 0. The van der Waals surface area contributed by atoms with Crippen LogP contribution in [0.3, 0.4) is 0 Å². The summed E-state index contributed by atoms with van der Waals surface area (Å²) in [6.07, 6.45) is 6.85. The van der Waals surface area contributed by atoms with Gasteiger partial charge in [-0.1, -0.05) is 32.1 Å². The third kappa shape index (κ3) is 4.94. The fourth-order valence-corrected chi connectivity index (χ4v) is 2.72. The minimum absolute atomic E-state index is 0.135. The highest BCUT2D eigenvalue weighted by molar-refractivity contribution is 6.02. The van der Waals surface area contributed by atoms with Crippen molar-refractivity contribution in [3.8, 4) is 0 Å². The first-order valence-corrected chi connectivity index (χ1v) is 7.28. The van der Waals surface area contributed by atoms with Gasteiger partial charge >= 0.3 is 11.9 Å². The van der Waals surface area contributed by atoms with E-state index in [4.69, 9.17) is 0 Å². The molecule has 0 saturated heterocycles. The number of carbonyl (C=O) groups is 3. The standard InChI is InChI=1S/C15H24O5/c1-19-13(16)10-12(15(18)20-2)14(17)11-8-6-4-3-5-7-9-11/h11-12H,3-10H2,1-2H3. The Morgan fingerprint density at radius 2 is 1.50 bits per heavy atom. The van der Waals surface area contributed by atoms with Crippen molar-refractivity contribution in [3.63, 3.8) is 0 Å². The molecule has 0 radical (unpaired) electrons. The highest BCUT2D eigenvalue weighted by Crippen LogP contribution is 2.26. The number of hydrogen-bond acceptors (Lipinski definition) is 5. The van der Waals surface area contributed by atoms with E-state index in [9.17, 15) is 14.4 Å². The maximum Gasteiger partial charge on any atom is 0.316 e. The van der Waals surface area contributed by atoms with E-state index in [1.54, 1.807) is 0 Å². The van der Waals surface area contributed by atoms with E-state index < -0.39 is 17.9 Å². The molecule has 0 N–H and O–H groups in total. The summed E-state index contributed by atoms with van der Waals surface area (Å²) >= 11 is 0. The minimum Gasteiger partial charge on any atom is -0.469 e. The van der Waals surface area contributed by atoms with E-state index in [0.29, 0.717) is 0 Å². The molecule has 0 bridgehead atoms. The number of ketones is 1. The maximum absolute atomic E-state index is 12.5. The molecule has 114 valence electrons. The van der Waals surface area contributed by atoms with E-state index in [1.807, 2.05) is 0 Å². The van der Waals surface area contributed by atoms with Crippen LogP contribution in [-0.2, 0) is 23.9 Å². The summed E-state index contributed by atoms with van der Waals surface area (Å²) in [4.78, 5) is 35.6. The monoisotopic (exact) mass is 284 g/mol. The number of carbonyl (C=O) groups excluding carboxylic acids is 3. The normalized spacial score (nSPS) is 18.5. The molecular formula is C15H24O5. The zero-order valence-corrected chi connectivity index (χ0v) is 12.4. The second-order valence-corrected chi connectivity index (χ2v) is 5.30. The van der Waals surface area contributed by atoms with Gasteiger partial charge in [-0.25, -0.2) is 0 Å². The molecule has 20 heavy (non-hydrogen) atoms. The molecule has 1 rings (SSSR count). The molecule has 1 aliphatic carbocycles. The lowest BCUT2D eigenvalue weighted by molar-refractivity contribution is -0.156. The van der Waals surface area contributed by atoms with Crippen molar-refractivity contribution < 1.29 is 23.9 Å². The molecule has 1 saturated carbocycles. The number of rotatable bonds is 5. The Bertz CT molecular complexity index is 342. The van der Waals surface area contributed by atoms with Crippen LogP contribution in [0.15, 0.2) is 0 Å². The average Bonchev–Trinajstić information content (AvgIpc) is 2.42. The molecule has 0 heterocycles. The van der Waals surface area contributed by atoms with E-state index in [0.717, 1.165) is 38.5 Å². The highest BCUT2D eigenvalue weighted by atomic mass is 16.5. The van der Waals surface area contributed by atoms with Crippen LogP contribution in [0.2, 0.25) is 0 Å². The van der Waals surface area contributed by atoms with Crippen molar-refractivity contribution in [1.82, 2.24) is 0 Å². The summed E-state index contributed by atoms with van der Waals surface area (Å²) in [6.45, 7) is 0. The van der Waals surface area contributed by atoms with Gasteiger partial charge in [0.05, 0.1) is 20.6 Å². The Morgan fingerprint density at radius 3 is 2.00 bits per heavy atom. The van der Waals surface area contributed by atoms with Crippen LogP contribution >= 0.6 is 0 Å². The van der Waals surface area contributed by atoms with Gasteiger partial charge in [-0.2, -0.15) is 0 Å². The van der Waals surface area contributed by atoms with E-state index >= 15 is 0 Å². The van der Waals surface area contributed by atoms with Crippen LogP contribution in [0.4, 0.5) is 0 Å². The first-order valence-electron chi connectivity index (χ1n) is 7.28. The van der Waals surface area contributed by atoms with Gasteiger partial charge in [0, 0.05) is 5.92 Å². The van der Waals surface area contributed by atoms with Crippen LogP contribution < -0.4 is 0 Å². The Hall–Kier alpha value is -1.39. The van der Waals surface area contributed by atoms with Crippen molar-refractivity contribution in [2.75, 3.05) is 14.2 Å². The molecule has 0 aromatic carbocycles. The van der Waals surface area contributed by atoms with Gasteiger partial charge in [0.15, 0.2) is 5.78 Å². The Kier molecular flexibility index (Phi) is 7.26. The summed E-state index contributed by atoms with van der Waals surface area (Å²) in [7, 11) is 2.48. The first kappa shape index (κ1) is 16.7. The van der Waals surface area contributed by atoms with Crippen LogP contribution in [0.1, 0.15) is 51.4 Å². The lowest BCUT2D eigenvalue weighted by Crippen LogP contribution is -2.33. The van der Waals surface area contributed by atoms with Gasteiger partial charge in [0.2, 0.25) is 0 Å². The van der Waals surface area contributed by atoms with Crippen molar-refractivity contribution in [1.29, 1.82) is 0 Å². The summed E-state index contributed by atoms with van der Waals surface area (Å²) in [5, 5.41) is 0. The summed E-state index contributed by atoms with van der Waals surface area (Å²) in [5.41, 5.74) is 0. The molecule has 1 unspecified atom stereocenters. The molecule has 0 aromatic rings. The second-order valence-electron chi connectivity index (χ2n) is 5.30. The van der Waals surface area contributed by atoms with Crippen LogP contribution in [0.5, 0.6) is 0 Å².